The van der Waals surface area contributed by atoms with E-state index >= 15 is 0 Å². The highest BCUT2D eigenvalue weighted by Gasteiger charge is 2.19. The summed E-state index contributed by atoms with van der Waals surface area (Å²) in [6.45, 7) is 0. The lowest BCUT2D eigenvalue weighted by Gasteiger charge is -2.26. The molecule has 0 fully saturated rings. The molecule has 0 unspecified atom stereocenters. The zero-order valence-electron chi connectivity index (χ0n) is 37.7. The second-order valence-electron chi connectivity index (χ2n) is 17.7. The molecule has 2 heterocycles. The molecule has 0 aliphatic rings. The maximum atomic E-state index is 6.97. The van der Waals surface area contributed by atoms with Crippen molar-refractivity contribution in [3.05, 3.63) is 267 Å². The molecule has 0 bridgehead atoms. The molecule has 2 aromatic heterocycles. The normalized spacial score (nSPS) is 11.5. The molecule has 0 saturated carbocycles. The predicted octanol–water partition coefficient (Wildman–Crippen LogP) is 18.5. The van der Waals surface area contributed by atoms with Gasteiger partial charge >= 0.3 is 0 Å². The maximum Gasteiger partial charge on any atom is 0.143 e. The minimum atomic E-state index is 0.886. The Hall–Kier alpha value is -9.18. The summed E-state index contributed by atoms with van der Waals surface area (Å²) in [5, 5.41) is 4.70. The van der Waals surface area contributed by atoms with Crippen molar-refractivity contribution in [1.29, 1.82) is 0 Å². The Kier molecular flexibility index (Phi) is 9.84. The van der Waals surface area contributed by atoms with Gasteiger partial charge in [0.15, 0.2) is 0 Å². The van der Waals surface area contributed by atoms with E-state index in [9.17, 15) is 0 Å². The fourth-order valence-corrected chi connectivity index (χ4v) is 10.2. The van der Waals surface area contributed by atoms with Crippen LogP contribution in [0, 0.1) is 0 Å². The van der Waals surface area contributed by atoms with Crippen molar-refractivity contribution < 1.29 is 4.42 Å². The van der Waals surface area contributed by atoms with Crippen LogP contribution < -0.4 is 4.90 Å². The number of anilines is 3. The van der Waals surface area contributed by atoms with Gasteiger partial charge in [0, 0.05) is 55.4 Å². The van der Waals surface area contributed by atoms with Crippen molar-refractivity contribution in [2.75, 3.05) is 4.90 Å². The molecule has 0 aliphatic carbocycles. The zero-order chi connectivity index (χ0) is 45.7. The quantitative estimate of drug-likeness (QED) is 0.144. The van der Waals surface area contributed by atoms with Gasteiger partial charge < -0.3 is 13.9 Å². The summed E-state index contributed by atoms with van der Waals surface area (Å²) in [4.78, 5) is 2.33. The topological polar surface area (TPSA) is 21.3 Å². The van der Waals surface area contributed by atoms with Gasteiger partial charge in [-0.05, 0) is 111 Å². The lowest BCUT2D eigenvalue weighted by Crippen LogP contribution is -2.09. The van der Waals surface area contributed by atoms with Crippen molar-refractivity contribution in [2.24, 2.45) is 0 Å². The first-order valence-electron chi connectivity index (χ1n) is 23.6. The SMILES string of the molecule is c1ccc(-c2ccc(N(c3ccc(-c4ccccc4)cc3)c3ccc(-c4cccc5c4oc4c(-c6ccc(-c7ccc8c(c7)c7ccccc7n8-c7ccccc7)cc6)cccc45)cc3)cc2)cc1. The number of para-hydroxylation sites is 4. The molecule has 0 amide bonds. The number of hydrogen-bond acceptors (Lipinski definition) is 2. The summed E-state index contributed by atoms with van der Waals surface area (Å²) in [5.41, 5.74) is 20.1. The fourth-order valence-electron chi connectivity index (χ4n) is 10.2. The Morgan fingerprint density at radius 2 is 0.638 bits per heavy atom. The summed E-state index contributed by atoms with van der Waals surface area (Å²) in [7, 11) is 0. The van der Waals surface area contributed by atoms with Gasteiger partial charge in [-0.3, -0.25) is 0 Å². The van der Waals surface area contributed by atoms with Crippen LogP contribution in [0.5, 0.6) is 0 Å². The van der Waals surface area contributed by atoms with Gasteiger partial charge in [0.05, 0.1) is 11.0 Å². The van der Waals surface area contributed by atoms with E-state index in [0.717, 1.165) is 66.9 Å². The first-order valence-corrected chi connectivity index (χ1v) is 23.6. The summed E-state index contributed by atoms with van der Waals surface area (Å²) in [6, 6.07) is 95.7. The van der Waals surface area contributed by atoms with Crippen molar-refractivity contribution in [1.82, 2.24) is 4.57 Å². The van der Waals surface area contributed by atoms with E-state index in [4.69, 9.17) is 4.42 Å². The average molecular weight is 881 g/mol. The Balaban J connectivity index is 0.833. The summed E-state index contributed by atoms with van der Waals surface area (Å²) < 4.78 is 9.33. The van der Waals surface area contributed by atoms with Crippen LogP contribution in [0.3, 0.4) is 0 Å². The van der Waals surface area contributed by atoms with Crippen LogP contribution in [-0.4, -0.2) is 4.57 Å². The van der Waals surface area contributed by atoms with Gasteiger partial charge in [0.2, 0.25) is 0 Å². The monoisotopic (exact) mass is 880 g/mol. The van der Waals surface area contributed by atoms with Gasteiger partial charge in [0.1, 0.15) is 11.2 Å². The van der Waals surface area contributed by atoms with Crippen LogP contribution in [0.2, 0.25) is 0 Å². The zero-order valence-corrected chi connectivity index (χ0v) is 37.7. The maximum absolute atomic E-state index is 6.97. The van der Waals surface area contributed by atoms with E-state index in [-0.39, 0.29) is 0 Å². The molecule has 0 atom stereocenters. The molecule has 3 nitrogen and oxygen atoms in total. The molecule has 0 N–H and O–H groups in total. The first kappa shape index (κ1) is 40.1. The third-order valence-electron chi connectivity index (χ3n) is 13.6. The Bertz CT molecular complexity index is 3860. The molecule has 324 valence electrons. The molecule has 3 heteroatoms. The minimum absolute atomic E-state index is 0.886. The van der Waals surface area contributed by atoms with Gasteiger partial charge in [-0.2, -0.15) is 0 Å². The number of nitrogens with zero attached hydrogens (tertiary/aromatic N) is 2. The molecular formula is C66H44N2O. The van der Waals surface area contributed by atoms with Gasteiger partial charge in [-0.15, -0.1) is 0 Å². The largest absolute Gasteiger partial charge is 0.455 e. The first-order chi connectivity index (χ1) is 34.2. The van der Waals surface area contributed by atoms with Crippen LogP contribution in [0.25, 0.3) is 105 Å². The highest BCUT2D eigenvalue weighted by Crippen LogP contribution is 2.43. The van der Waals surface area contributed by atoms with E-state index in [2.05, 4.69) is 276 Å². The van der Waals surface area contributed by atoms with E-state index in [1.165, 1.54) is 55.2 Å². The minimum Gasteiger partial charge on any atom is -0.455 e. The summed E-state index contributed by atoms with van der Waals surface area (Å²) in [6.07, 6.45) is 0. The van der Waals surface area contributed by atoms with E-state index < -0.39 is 0 Å². The number of rotatable bonds is 9. The Morgan fingerprint density at radius 3 is 1.17 bits per heavy atom. The number of aromatic nitrogens is 1. The molecule has 69 heavy (non-hydrogen) atoms. The van der Waals surface area contributed by atoms with E-state index in [1.807, 2.05) is 0 Å². The highest BCUT2D eigenvalue weighted by atomic mass is 16.3. The summed E-state index contributed by atoms with van der Waals surface area (Å²) >= 11 is 0. The van der Waals surface area contributed by atoms with Crippen LogP contribution in [0.15, 0.2) is 271 Å². The molecule has 0 aliphatic heterocycles. The van der Waals surface area contributed by atoms with Gasteiger partial charge in [0.25, 0.3) is 0 Å². The van der Waals surface area contributed by atoms with E-state index in [0.29, 0.717) is 0 Å². The molecule has 11 aromatic carbocycles. The van der Waals surface area contributed by atoms with Crippen molar-refractivity contribution in [2.45, 2.75) is 0 Å². The molecule has 13 aromatic rings. The third kappa shape index (κ3) is 7.16. The molecule has 13 rings (SSSR count). The highest BCUT2D eigenvalue weighted by molar-refractivity contribution is 6.13. The number of fused-ring (bicyclic) bond motifs is 6. The fraction of sp³-hybridized carbons (Fsp3) is 0. The Labute approximate surface area is 401 Å². The van der Waals surface area contributed by atoms with Crippen LogP contribution >= 0.6 is 0 Å². The van der Waals surface area contributed by atoms with Crippen molar-refractivity contribution >= 4 is 60.8 Å². The number of furan rings is 1. The molecular weight excluding hydrogens is 837 g/mol. The third-order valence-corrected chi connectivity index (χ3v) is 13.6. The second-order valence-corrected chi connectivity index (χ2v) is 17.7. The van der Waals surface area contributed by atoms with Crippen LogP contribution in [0.4, 0.5) is 17.1 Å². The Morgan fingerprint density at radius 1 is 0.261 bits per heavy atom. The lowest BCUT2D eigenvalue weighted by molar-refractivity contribution is 0.671. The smallest absolute Gasteiger partial charge is 0.143 e. The standard InChI is InChI=1S/C66H44N2O/c1-4-14-45(15-5-1)47-30-37-54(38-31-47)67(55-39-32-48(33-40-55)46-16-6-2-7-17-46)56-41-34-51(35-42-56)58-22-13-24-61-60-23-12-21-57(65(60)69-66(58)61)50-28-26-49(27-29-50)52-36-43-64-62(44-52)59-20-10-11-25-63(59)68(64)53-18-8-3-9-19-53/h1-44H. The van der Waals surface area contributed by atoms with Crippen molar-refractivity contribution in [3.63, 3.8) is 0 Å². The number of hydrogen-bond donors (Lipinski definition) is 0. The molecule has 0 radical (unpaired) electrons. The summed E-state index contributed by atoms with van der Waals surface area (Å²) in [5.74, 6) is 0. The van der Waals surface area contributed by atoms with E-state index in [1.54, 1.807) is 0 Å². The van der Waals surface area contributed by atoms with Crippen LogP contribution in [0.1, 0.15) is 0 Å². The lowest BCUT2D eigenvalue weighted by atomic mass is 9.97. The second kappa shape index (κ2) is 16.9. The molecule has 0 spiro atoms. The van der Waals surface area contributed by atoms with Gasteiger partial charge in [-0.25, -0.2) is 0 Å². The van der Waals surface area contributed by atoms with Gasteiger partial charge in [-0.1, -0.05) is 200 Å². The van der Waals surface area contributed by atoms with Crippen molar-refractivity contribution in [3.8, 4) is 61.3 Å². The molecule has 0 saturated heterocycles. The number of benzene rings is 11. The van der Waals surface area contributed by atoms with Crippen LogP contribution in [-0.2, 0) is 0 Å². The average Bonchev–Trinajstić information content (AvgIpc) is 3.98. The predicted molar refractivity (Wildman–Crippen MR) is 290 cm³/mol.